The molecule has 0 aliphatic heterocycles. The maximum atomic E-state index is 7.84. The van der Waals surface area contributed by atoms with Crippen molar-refractivity contribution in [2.24, 2.45) is 0 Å². The number of aromatic nitrogens is 2. The van der Waals surface area contributed by atoms with Crippen molar-refractivity contribution in [1.29, 1.82) is 0 Å². The van der Waals surface area contributed by atoms with Gasteiger partial charge in [-0.2, -0.15) is 5.10 Å². The van der Waals surface area contributed by atoms with Crippen LogP contribution in [0.25, 0.3) is 10.8 Å². The molecule has 21 heavy (non-hydrogen) atoms. The van der Waals surface area contributed by atoms with Gasteiger partial charge in [-0.1, -0.05) is 57.2 Å². The Bertz CT molecular complexity index is 805. The molecule has 2 aromatic carbocycles. The van der Waals surface area contributed by atoms with Crippen molar-refractivity contribution in [2.75, 3.05) is 5.32 Å². The van der Waals surface area contributed by atoms with Gasteiger partial charge in [-0.25, -0.2) is 0 Å². The topological polar surface area (TPSA) is 37.8 Å². The molecule has 0 bridgehead atoms. The molecule has 0 fully saturated rings. The summed E-state index contributed by atoms with van der Waals surface area (Å²) < 4.78 is 7.84. The highest BCUT2D eigenvalue weighted by Gasteiger charge is 2.13. The van der Waals surface area contributed by atoms with Crippen molar-refractivity contribution in [1.82, 2.24) is 10.2 Å². The molecule has 0 spiro atoms. The molecule has 0 saturated carbocycles. The summed E-state index contributed by atoms with van der Waals surface area (Å²) in [5.74, 6) is 0.676. The van der Waals surface area contributed by atoms with Gasteiger partial charge in [0, 0.05) is 16.5 Å². The molecular weight excluding hydrogens is 258 g/mol. The molecule has 1 aromatic heterocycles. The molecule has 0 amide bonds. The van der Waals surface area contributed by atoms with E-state index in [9.17, 15) is 0 Å². The number of rotatable bonds is 2. The highest BCUT2D eigenvalue weighted by atomic mass is 15.2. The van der Waals surface area contributed by atoms with Gasteiger partial charge in [0.25, 0.3) is 0 Å². The van der Waals surface area contributed by atoms with Crippen LogP contribution in [0.2, 0.25) is 0 Å². The molecule has 0 aliphatic rings. The Labute approximate surface area is 126 Å². The molecule has 1 heterocycles. The van der Waals surface area contributed by atoms with Gasteiger partial charge in [-0.05, 0) is 23.1 Å². The first-order valence-corrected chi connectivity index (χ1v) is 7.05. The van der Waals surface area contributed by atoms with Crippen molar-refractivity contribution in [3.05, 3.63) is 60.3 Å². The Morgan fingerprint density at radius 1 is 1.00 bits per heavy atom. The van der Waals surface area contributed by atoms with E-state index in [1.165, 1.54) is 5.56 Å². The summed E-state index contributed by atoms with van der Waals surface area (Å²) in [6.45, 7) is 6.59. The van der Waals surface area contributed by atoms with Crippen LogP contribution in [0, 0.1) is 0 Å². The molecule has 3 aromatic rings. The number of nitrogens with zero attached hydrogens (tertiary/aromatic N) is 2. The first-order chi connectivity index (χ1) is 10.4. The molecule has 0 saturated heterocycles. The Morgan fingerprint density at radius 3 is 2.43 bits per heavy atom. The fourth-order valence-corrected chi connectivity index (χ4v) is 2.25. The first kappa shape index (κ1) is 12.3. The average molecular weight is 278 g/mol. The second kappa shape index (κ2) is 5.17. The molecule has 0 atom stereocenters. The van der Waals surface area contributed by atoms with Crippen LogP contribution in [-0.4, -0.2) is 10.2 Å². The van der Waals surface area contributed by atoms with E-state index in [0.717, 1.165) is 16.5 Å². The van der Waals surface area contributed by atoms with Crippen LogP contribution in [0.3, 0.4) is 0 Å². The summed E-state index contributed by atoms with van der Waals surface area (Å²) in [5.41, 5.74) is 2.39. The molecular formula is C18H19N3. The third-order valence-corrected chi connectivity index (χ3v) is 3.52. The molecule has 1 N–H and O–H groups in total. The van der Waals surface area contributed by atoms with Crippen LogP contribution in [0.15, 0.2) is 54.7 Å². The van der Waals surface area contributed by atoms with Crippen LogP contribution in [0.1, 0.15) is 27.7 Å². The second-order valence-electron chi connectivity index (χ2n) is 6.16. The molecule has 0 aliphatic carbocycles. The monoisotopic (exact) mass is 278 g/mol. The number of nitrogens with one attached hydrogen (secondary N) is 1. The number of benzene rings is 2. The highest BCUT2D eigenvalue weighted by molar-refractivity contribution is 5.92. The van der Waals surface area contributed by atoms with E-state index in [2.05, 4.69) is 48.4 Å². The average Bonchev–Trinajstić information content (AvgIpc) is 2.50. The summed E-state index contributed by atoms with van der Waals surface area (Å²) in [7, 11) is 0. The van der Waals surface area contributed by atoms with E-state index < -0.39 is 0 Å². The minimum absolute atomic E-state index is 0.137. The van der Waals surface area contributed by atoms with Gasteiger partial charge < -0.3 is 5.32 Å². The molecule has 3 nitrogen and oxygen atoms in total. The Hall–Kier alpha value is -2.42. The summed E-state index contributed by atoms with van der Waals surface area (Å²) in [6.07, 6.45) is 0.198. The SMILES string of the molecule is [2H]c1nnc(Nc2ccc(C(C)(C)C)cc2)c2ccccc12. The van der Waals surface area contributed by atoms with E-state index >= 15 is 0 Å². The lowest BCUT2D eigenvalue weighted by Crippen LogP contribution is -2.10. The molecule has 3 heteroatoms. The number of anilines is 2. The quantitative estimate of drug-likeness (QED) is 0.740. The summed E-state index contributed by atoms with van der Waals surface area (Å²) >= 11 is 0. The highest BCUT2D eigenvalue weighted by Crippen LogP contribution is 2.26. The zero-order chi connectivity index (χ0) is 15.7. The zero-order valence-electron chi connectivity index (χ0n) is 13.5. The number of hydrogen-bond acceptors (Lipinski definition) is 3. The largest absolute Gasteiger partial charge is 0.338 e. The smallest absolute Gasteiger partial charge is 0.160 e. The fourth-order valence-electron chi connectivity index (χ4n) is 2.25. The Morgan fingerprint density at radius 2 is 1.71 bits per heavy atom. The van der Waals surface area contributed by atoms with E-state index in [1.54, 1.807) is 0 Å². The summed E-state index contributed by atoms with van der Waals surface area (Å²) in [6, 6.07) is 16.0. The van der Waals surface area contributed by atoms with Crippen molar-refractivity contribution in [3.8, 4) is 0 Å². The maximum absolute atomic E-state index is 7.84. The summed E-state index contributed by atoms with van der Waals surface area (Å²) in [4.78, 5) is 0. The predicted octanol–water partition coefficient (Wildman–Crippen LogP) is 4.67. The van der Waals surface area contributed by atoms with Crippen LogP contribution in [0.4, 0.5) is 11.5 Å². The van der Waals surface area contributed by atoms with E-state index in [-0.39, 0.29) is 11.6 Å². The van der Waals surface area contributed by atoms with Gasteiger partial charge in [0.05, 0.1) is 7.54 Å². The van der Waals surface area contributed by atoms with Crippen LogP contribution < -0.4 is 5.32 Å². The van der Waals surface area contributed by atoms with Crippen molar-refractivity contribution in [3.63, 3.8) is 0 Å². The fraction of sp³-hybridized carbons (Fsp3) is 0.222. The standard InChI is InChI=1S/C18H19N3/c1-18(2,3)14-8-10-15(11-9-14)20-17-16-7-5-4-6-13(16)12-19-21-17/h4-12H,1-3H3,(H,20,21)/i12D. The lowest BCUT2D eigenvalue weighted by molar-refractivity contribution is 0.590. The summed E-state index contributed by atoms with van der Waals surface area (Å²) in [5, 5.41) is 13.0. The Balaban J connectivity index is 1.95. The minimum Gasteiger partial charge on any atom is -0.338 e. The maximum Gasteiger partial charge on any atom is 0.160 e. The van der Waals surface area contributed by atoms with Crippen LogP contribution in [0.5, 0.6) is 0 Å². The zero-order valence-corrected chi connectivity index (χ0v) is 12.5. The number of fused-ring (bicyclic) bond motifs is 1. The first-order valence-electron chi connectivity index (χ1n) is 7.55. The lowest BCUT2D eigenvalue weighted by atomic mass is 9.87. The number of hydrogen-bond donors (Lipinski definition) is 1. The normalized spacial score (nSPS) is 12.2. The molecule has 3 rings (SSSR count). The Kier molecular flexibility index (Phi) is 3.03. The minimum atomic E-state index is 0.137. The van der Waals surface area contributed by atoms with Gasteiger partial charge >= 0.3 is 0 Å². The van der Waals surface area contributed by atoms with Gasteiger partial charge in [-0.3, -0.25) is 0 Å². The van der Waals surface area contributed by atoms with Gasteiger partial charge in [0.15, 0.2) is 5.82 Å². The predicted molar refractivity (Wildman–Crippen MR) is 88.0 cm³/mol. The van der Waals surface area contributed by atoms with Crippen LogP contribution in [-0.2, 0) is 5.41 Å². The molecule has 106 valence electrons. The van der Waals surface area contributed by atoms with E-state index in [0.29, 0.717) is 5.82 Å². The third-order valence-electron chi connectivity index (χ3n) is 3.52. The van der Waals surface area contributed by atoms with Crippen LogP contribution >= 0.6 is 0 Å². The third kappa shape index (κ3) is 2.87. The van der Waals surface area contributed by atoms with E-state index in [1.807, 2.05) is 36.4 Å². The van der Waals surface area contributed by atoms with E-state index in [4.69, 9.17) is 1.37 Å². The molecule has 0 radical (unpaired) electrons. The second-order valence-corrected chi connectivity index (χ2v) is 6.16. The van der Waals surface area contributed by atoms with Gasteiger partial charge in [0.1, 0.15) is 0 Å². The van der Waals surface area contributed by atoms with Gasteiger partial charge in [0.2, 0.25) is 0 Å². The lowest BCUT2D eigenvalue weighted by Gasteiger charge is -2.19. The van der Waals surface area contributed by atoms with Crippen molar-refractivity contribution in [2.45, 2.75) is 26.2 Å². The van der Waals surface area contributed by atoms with Crippen molar-refractivity contribution < 1.29 is 1.37 Å². The van der Waals surface area contributed by atoms with Crippen molar-refractivity contribution >= 4 is 22.3 Å². The molecule has 0 unspecified atom stereocenters. The van der Waals surface area contributed by atoms with Gasteiger partial charge in [-0.15, -0.1) is 5.10 Å².